The predicted octanol–water partition coefficient (Wildman–Crippen LogP) is 2.48. The molecule has 2 aromatic rings. The molecule has 3 heterocycles. The van der Waals surface area contributed by atoms with E-state index in [9.17, 15) is 4.79 Å². The molecule has 6 heteroatoms. The average molecular weight is 340 g/mol. The van der Waals surface area contributed by atoms with Crippen LogP contribution in [0.2, 0.25) is 0 Å². The van der Waals surface area contributed by atoms with Crippen molar-refractivity contribution in [1.82, 2.24) is 14.9 Å². The Balaban J connectivity index is 1.60. The second kappa shape index (κ2) is 6.86. The van der Waals surface area contributed by atoms with E-state index in [-0.39, 0.29) is 5.92 Å². The number of hydrogen-bond donors (Lipinski definition) is 0. The summed E-state index contributed by atoms with van der Waals surface area (Å²) in [6.07, 6.45) is 4.20. The Morgan fingerprint density at radius 3 is 2.52 bits per heavy atom. The molecule has 1 aromatic heterocycles. The topological polar surface area (TPSA) is 58.6 Å². The smallest absolute Gasteiger partial charge is 0.257 e. The van der Waals surface area contributed by atoms with Gasteiger partial charge in [-0.15, -0.1) is 0 Å². The number of anilines is 1. The molecule has 0 radical (unpaired) electrons. The number of likely N-dealkylation sites (tertiary alicyclic amines) is 1. The summed E-state index contributed by atoms with van der Waals surface area (Å²) < 4.78 is 5.49. The highest BCUT2D eigenvalue weighted by molar-refractivity contribution is 5.81. The number of hydrogen-bond acceptors (Lipinski definition) is 5. The molecule has 4 rings (SSSR count). The molecule has 0 aliphatic carbocycles. The first-order valence-electron chi connectivity index (χ1n) is 9.11. The summed E-state index contributed by atoms with van der Waals surface area (Å²) in [5.41, 5.74) is 1.68. The average Bonchev–Trinajstić information content (AvgIpc) is 3.21. The quantitative estimate of drug-likeness (QED) is 0.859. The van der Waals surface area contributed by atoms with Gasteiger partial charge in [0, 0.05) is 26.2 Å². The van der Waals surface area contributed by atoms with Gasteiger partial charge in [0.25, 0.3) is 5.88 Å². The first-order valence-corrected chi connectivity index (χ1v) is 9.11. The highest BCUT2D eigenvalue weighted by Crippen LogP contribution is 2.31. The van der Waals surface area contributed by atoms with Crippen molar-refractivity contribution < 1.29 is 9.53 Å². The molecular formula is C19H24N4O2. The lowest BCUT2D eigenvalue weighted by molar-refractivity contribution is -0.134. The van der Waals surface area contributed by atoms with Gasteiger partial charge in [0.15, 0.2) is 5.82 Å². The van der Waals surface area contributed by atoms with Crippen molar-refractivity contribution >= 4 is 22.8 Å². The normalized spacial score (nSPS) is 20.9. The van der Waals surface area contributed by atoms with Gasteiger partial charge in [0.2, 0.25) is 5.91 Å². The number of amides is 1. The number of aromatic nitrogens is 2. The van der Waals surface area contributed by atoms with E-state index < -0.39 is 0 Å². The van der Waals surface area contributed by atoms with E-state index in [1.807, 2.05) is 29.2 Å². The Kier molecular flexibility index (Phi) is 4.42. The van der Waals surface area contributed by atoms with Crippen molar-refractivity contribution in [2.24, 2.45) is 5.92 Å². The first kappa shape index (κ1) is 16.1. The molecule has 2 aliphatic heterocycles. The van der Waals surface area contributed by atoms with E-state index in [1.165, 1.54) is 0 Å². The van der Waals surface area contributed by atoms with Crippen LogP contribution in [-0.2, 0) is 4.79 Å². The van der Waals surface area contributed by atoms with Crippen molar-refractivity contribution in [3.63, 3.8) is 0 Å². The maximum atomic E-state index is 12.8. The predicted molar refractivity (Wildman–Crippen MR) is 96.8 cm³/mol. The van der Waals surface area contributed by atoms with Crippen molar-refractivity contribution in [1.29, 1.82) is 0 Å². The van der Waals surface area contributed by atoms with E-state index in [2.05, 4.69) is 9.88 Å². The number of piperidine rings is 1. The summed E-state index contributed by atoms with van der Waals surface area (Å²) in [6.45, 7) is 3.40. The van der Waals surface area contributed by atoms with Gasteiger partial charge in [-0.3, -0.25) is 4.79 Å². The standard InChI is InChI=1S/C19H24N4O2/c1-25-18-17(20-15-8-2-3-9-16(15)21-18)23-12-6-7-14(13-23)19(24)22-10-4-5-11-22/h2-3,8-9,14H,4-7,10-13H2,1H3/t14-/m0/s1. The van der Waals surface area contributed by atoms with Crippen molar-refractivity contribution in [3.8, 4) is 5.88 Å². The molecule has 2 saturated heterocycles. The molecule has 1 atom stereocenters. The monoisotopic (exact) mass is 340 g/mol. The van der Waals surface area contributed by atoms with Gasteiger partial charge in [0.05, 0.1) is 24.1 Å². The number of carbonyl (C=O) groups is 1. The fraction of sp³-hybridized carbons (Fsp3) is 0.526. The Labute approximate surface area is 147 Å². The largest absolute Gasteiger partial charge is 0.478 e. The van der Waals surface area contributed by atoms with Gasteiger partial charge in [-0.1, -0.05) is 12.1 Å². The minimum Gasteiger partial charge on any atom is -0.478 e. The number of para-hydroxylation sites is 2. The third-order valence-corrected chi connectivity index (χ3v) is 5.20. The van der Waals surface area contributed by atoms with Crippen LogP contribution < -0.4 is 9.64 Å². The van der Waals surface area contributed by atoms with E-state index in [0.717, 1.165) is 62.2 Å². The van der Waals surface area contributed by atoms with Gasteiger partial charge < -0.3 is 14.5 Å². The van der Waals surface area contributed by atoms with Crippen molar-refractivity contribution in [2.45, 2.75) is 25.7 Å². The van der Waals surface area contributed by atoms with Crippen LogP contribution in [-0.4, -0.2) is 54.1 Å². The van der Waals surface area contributed by atoms with Gasteiger partial charge >= 0.3 is 0 Å². The molecule has 1 aromatic carbocycles. The number of fused-ring (bicyclic) bond motifs is 1. The van der Waals surface area contributed by atoms with Crippen LogP contribution in [0.3, 0.4) is 0 Å². The minimum absolute atomic E-state index is 0.0461. The molecule has 2 aliphatic rings. The third kappa shape index (κ3) is 3.13. The van der Waals surface area contributed by atoms with Crippen LogP contribution in [0, 0.1) is 5.92 Å². The minimum atomic E-state index is 0.0461. The van der Waals surface area contributed by atoms with Gasteiger partial charge in [-0.2, -0.15) is 0 Å². The van der Waals surface area contributed by atoms with E-state index in [1.54, 1.807) is 7.11 Å². The maximum absolute atomic E-state index is 12.8. The van der Waals surface area contributed by atoms with Crippen LogP contribution in [0.1, 0.15) is 25.7 Å². The van der Waals surface area contributed by atoms with Gasteiger partial charge in [-0.25, -0.2) is 9.97 Å². The summed E-state index contributed by atoms with van der Waals surface area (Å²) >= 11 is 0. The molecule has 25 heavy (non-hydrogen) atoms. The number of benzene rings is 1. The molecule has 0 bridgehead atoms. The van der Waals surface area contributed by atoms with Crippen LogP contribution in [0.15, 0.2) is 24.3 Å². The lowest BCUT2D eigenvalue weighted by Gasteiger charge is -2.34. The second-order valence-electron chi connectivity index (χ2n) is 6.86. The first-order chi connectivity index (χ1) is 12.3. The molecule has 6 nitrogen and oxygen atoms in total. The Morgan fingerprint density at radius 2 is 1.80 bits per heavy atom. The Bertz CT molecular complexity index is 773. The molecule has 0 spiro atoms. The van der Waals surface area contributed by atoms with Crippen LogP contribution in [0.5, 0.6) is 5.88 Å². The highest BCUT2D eigenvalue weighted by atomic mass is 16.5. The molecule has 0 unspecified atom stereocenters. The fourth-order valence-corrected chi connectivity index (χ4v) is 3.88. The SMILES string of the molecule is COc1nc2ccccc2nc1N1CCC[C@H](C(=O)N2CCCC2)C1. The summed E-state index contributed by atoms with van der Waals surface area (Å²) in [5, 5.41) is 0. The summed E-state index contributed by atoms with van der Waals surface area (Å²) in [4.78, 5) is 26.3. The van der Waals surface area contributed by atoms with E-state index >= 15 is 0 Å². The second-order valence-corrected chi connectivity index (χ2v) is 6.86. The van der Waals surface area contributed by atoms with E-state index in [4.69, 9.17) is 9.72 Å². The molecule has 0 saturated carbocycles. The fourth-order valence-electron chi connectivity index (χ4n) is 3.88. The molecule has 132 valence electrons. The molecule has 0 N–H and O–H groups in total. The molecule has 1 amide bonds. The summed E-state index contributed by atoms with van der Waals surface area (Å²) in [5.74, 6) is 1.63. The molecular weight excluding hydrogens is 316 g/mol. The van der Waals surface area contributed by atoms with Gasteiger partial charge in [0.1, 0.15) is 0 Å². The van der Waals surface area contributed by atoms with Crippen molar-refractivity contribution in [3.05, 3.63) is 24.3 Å². The Morgan fingerprint density at radius 1 is 1.08 bits per heavy atom. The zero-order chi connectivity index (χ0) is 17.2. The zero-order valence-corrected chi connectivity index (χ0v) is 14.6. The van der Waals surface area contributed by atoms with Crippen molar-refractivity contribution in [2.75, 3.05) is 38.2 Å². The highest BCUT2D eigenvalue weighted by Gasteiger charge is 2.32. The number of methoxy groups -OCH3 is 1. The number of nitrogens with zero attached hydrogens (tertiary/aromatic N) is 4. The summed E-state index contributed by atoms with van der Waals surface area (Å²) in [6, 6.07) is 7.80. The number of ether oxygens (including phenoxy) is 1. The van der Waals surface area contributed by atoms with Crippen LogP contribution in [0.25, 0.3) is 11.0 Å². The number of carbonyl (C=O) groups excluding carboxylic acids is 1. The van der Waals surface area contributed by atoms with Crippen LogP contribution in [0.4, 0.5) is 5.82 Å². The number of rotatable bonds is 3. The maximum Gasteiger partial charge on any atom is 0.257 e. The molecule has 2 fully saturated rings. The van der Waals surface area contributed by atoms with Crippen LogP contribution >= 0.6 is 0 Å². The lowest BCUT2D eigenvalue weighted by atomic mass is 9.96. The Hall–Kier alpha value is -2.37. The summed E-state index contributed by atoms with van der Waals surface area (Å²) in [7, 11) is 1.62. The van der Waals surface area contributed by atoms with Gasteiger partial charge in [-0.05, 0) is 37.8 Å². The third-order valence-electron chi connectivity index (χ3n) is 5.20. The zero-order valence-electron chi connectivity index (χ0n) is 14.6. The van der Waals surface area contributed by atoms with E-state index in [0.29, 0.717) is 18.3 Å². The lowest BCUT2D eigenvalue weighted by Crippen LogP contribution is -2.44.